The van der Waals surface area contributed by atoms with Crippen LogP contribution in [-0.4, -0.2) is 25.7 Å². The molecule has 0 spiro atoms. The minimum Gasteiger partial charge on any atom is -0.427 e. The Hall–Kier alpha value is -2.40. The van der Waals surface area contributed by atoms with Gasteiger partial charge in [0.05, 0.1) is 6.10 Å². The average Bonchev–Trinajstić information content (AvgIpc) is 2.62. The molecule has 1 atom stereocenters. The molecule has 1 heterocycles. The van der Waals surface area contributed by atoms with Gasteiger partial charge < -0.3 is 14.5 Å². The van der Waals surface area contributed by atoms with Gasteiger partial charge in [-0.15, -0.1) is 0 Å². The van der Waals surface area contributed by atoms with E-state index in [1.54, 1.807) is 20.1 Å². The maximum absolute atomic E-state index is 12.3. The number of carbonyl (C=O) groups excluding carboxylic acids is 1. The molecule has 2 rings (SSSR count). The third-order valence-electron chi connectivity index (χ3n) is 4.40. The van der Waals surface area contributed by atoms with Gasteiger partial charge in [0.15, 0.2) is 0 Å². The quantitative estimate of drug-likeness (QED) is 0.748. The summed E-state index contributed by atoms with van der Waals surface area (Å²) in [5, 5.41) is 2.75. The Balaban J connectivity index is 1.94. The molecule has 26 heavy (non-hydrogen) atoms. The molecule has 0 saturated heterocycles. The van der Waals surface area contributed by atoms with Crippen LogP contribution in [0.25, 0.3) is 0 Å². The molecule has 140 valence electrons. The van der Waals surface area contributed by atoms with Crippen LogP contribution in [0.3, 0.4) is 0 Å². The van der Waals surface area contributed by atoms with E-state index in [2.05, 4.69) is 17.4 Å². The zero-order chi connectivity index (χ0) is 18.9. The summed E-state index contributed by atoms with van der Waals surface area (Å²) in [6, 6.07) is 12.0. The summed E-state index contributed by atoms with van der Waals surface area (Å²) in [6.07, 6.45) is 3.21. The van der Waals surface area contributed by atoms with Crippen molar-refractivity contribution < 1.29 is 13.9 Å². The van der Waals surface area contributed by atoms with E-state index in [0.717, 1.165) is 12.8 Å². The Labute approximate surface area is 154 Å². The van der Waals surface area contributed by atoms with Crippen LogP contribution in [0.1, 0.15) is 47.0 Å². The summed E-state index contributed by atoms with van der Waals surface area (Å²) >= 11 is 0. The Kier molecular flexibility index (Phi) is 7.60. The third-order valence-corrected chi connectivity index (χ3v) is 4.40. The first-order valence-electron chi connectivity index (χ1n) is 8.99. The smallest absolute Gasteiger partial charge is 0.349 e. The van der Waals surface area contributed by atoms with Crippen molar-refractivity contribution in [2.75, 3.05) is 13.7 Å². The van der Waals surface area contributed by atoms with Crippen LogP contribution in [0.15, 0.2) is 45.6 Å². The summed E-state index contributed by atoms with van der Waals surface area (Å²) in [4.78, 5) is 24.5. The minimum atomic E-state index is -0.572. The number of ether oxygens (including phenoxy) is 1. The maximum Gasteiger partial charge on any atom is 0.349 e. The van der Waals surface area contributed by atoms with Crippen molar-refractivity contribution in [2.45, 2.75) is 45.6 Å². The van der Waals surface area contributed by atoms with Gasteiger partial charge in [0.1, 0.15) is 11.3 Å². The average molecular weight is 357 g/mol. The van der Waals surface area contributed by atoms with E-state index < -0.39 is 11.5 Å². The fraction of sp³-hybridized carbons (Fsp3) is 0.429. The predicted molar refractivity (Wildman–Crippen MR) is 102 cm³/mol. The molecule has 0 aliphatic rings. The lowest BCUT2D eigenvalue weighted by atomic mass is 10.1. The van der Waals surface area contributed by atoms with Crippen LogP contribution < -0.4 is 10.9 Å². The largest absolute Gasteiger partial charge is 0.427 e. The highest BCUT2D eigenvalue weighted by Gasteiger charge is 2.16. The van der Waals surface area contributed by atoms with Gasteiger partial charge in [-0.3, -0.25) is 4.79 Å². The number of rotatable bonds is 9. The van der Waals surface area contributed by atoms with E-state index in [-0.39, 0.29) is 11.7 Å². The van der Waals surface area contributed by atoms with Gasteiger partial charge in [-0.1, -0.05) is 30.3 Å². The summed E-state index contributed by atoms with van der Waals surface area (Å²) in [5.41, 5.74) is 1.42. The van der Waals surface area contributed by atoms with Crippen LogP contribution in [0, 0.1) is 6.92 Å². The van der Waals surface area contributed by atoms with Gasteiger partial charge >= 0.3 is 5.63 Å². The number of nitrogens with one attached hydrogen (secondary N) is 1. The van der Waals surface area contributed by atoms with Crippen LogP contribution in [0.4, 0.5) is 0 Å². The van der Waals surface area contributed by atoms with Crippen LogP contribution in [-0.2, 0) is 17.6 Å². The van der Waals surface area contributed by atoms with E-state index in [1.165, 1.54) is 5.56 Å². The number of benzene rings is 1. The molecule has 5 heteroatoms. The lowest BCUT2D eigenvalue weighted by molar-refractivity contribution is 0.0913. The topological polar surface area (TPSA) is 68.5 Å². The van der Waals surface area contributed by atoms with Crippen LogP contribution in [0.5, 0.6) is 0 Å². The molecule has 1 aromatic heterocycles. The molecule has 5 nitrogen and oxygen atoms in total. The van der Waals surface area contributed by atoms with E-state index in [4.69, 9.17) is 9.15 Å². The molecule has 0 aliphatic carbocycles. The van der Waals surface area contributed by atoms with Crippen LogP contribution >= 0.6 is 0 Å². The van der Waals surface area contributed by atoms with E-state index in [9.17, 15) is 9.59 Å². The second kappa shape index (κ2) is 9.92. The van der Waals surface area contributed by atoms with Gasteiger partial charge in [-0.2, -0.15) is 0 Å². The number of hydrogen-bond donors (Lipinski definition) is 1. The molecule has 1 unspecified atom stereocenters. The second-order valence-corrected chi connectivity index (χ2v) is 6.49. The normalized spacial score (nSPS) is 12.0. The molecule has 1 N–H and O–H groups in total. The van der Waals surface area contributed by atoms with E-state index >= 15 is 0 Å². The van der Waals surface area contributed by atoms with Crippen molar-refractivity contribution in [3.8, 4) is 0 Å². The van der Waals surface area contributed by atoms with E-state index in [0.29, 0.717) is 30.7 Å². The highest BCUT2D eigenvalue weighted by Crippen LogP contribution is 2.11. The molecule has 0 fully saturated rings. The second-order valence-electron chi connectivity index (χ2n) is 6.49. The minimum absolute atomic E-state index is 0.0554. The van der Waals surface area contributed by atoms with Crippen molar-refractivity contribution in [3.63, 3.8) is 0 Å². The van der Waals surface area contributed by atoms with Gasteiger partial charge in [-0.05, 0) is 50.3 Å². The SMILES string of the molecule is COC(C)CCNC(=O)c1c(C)cc(CCCc2ccccc2)oc1=O. The van der Waals surface area contributed by atoms with Crippen molar-refractivity contribution in [3.05, 3.63) is 69.3 Å². The molecular formula is C21H27NO4. The van der Waals surface area contributed by atoms with E-state index in [1.807, 2.05) is 25.1 Å². The standard InChI is InChI=1S/C21H27NO4/c1-15-14-18(11-7-10-17-8-5-4-6-9-17)26-21(24)19(15)20(23)22-13-12-16(2)25-3/h4-6,8-9,14,16H,7,10-13H2,1-3H3,(H,22,23). The highest BCUT2D eigenvalue weighted by atomic mass is 16.5. The molecule has 0 bridgehead atoms. The third kappa shape index (κ3) is 5.85. The fourth-order valence-electron chi connectivity index (χ4n) is 2.78. The summed E-state index contributed by atoms with van der Waals surface area (Å²) in [5.74, 6) is 0.225. The predicted octanol–water partition coefficient (Wildman–Crippen LogP) is 3.28. The van der Waals surface area contributed by atoms with Gasteiger partial charge in [0, 0.05) is 20.1 Å². The number of amides is 1. The number of carbonyl (C=O) groups is 1. The molecule has 0 saturated carbocycles. The molecule has 0 aliphatic heterocycles. The molecular weight excluding hydrogens is 330 g/mol. The van der Waals surface area contributed by atoms with Gasteiger partial charge in [-0.25, -0.2) is 4.79 Å². The Morgan fingerprint density at radius 2 is 1.96 bits per heavy atom. The Morgan fingerprint density at radius 3 is 2.62 bits per heavy atom. The van der Waals surface area contributed by atoms with Gasteiger partial charge in [0.25, 0.3) is 5.91 Å². The van der Waals surface area contributed by atoms with Crippen LogP contribution in [0.2, 0.25) is 0 Å². The summed E-state index contributed by atoms with van der Waals surface area (Å²) in [6.45, 7) is 4.14. The van der Waals surface area contributed by atoms with Crippen molar-refractivity contribution in [1.29, 1.82) is 0 Å². The monoisotopic (exact) mass is 357 g/mol. The first kappa shape index (κ1) is 19.9. The summed E-state index contributed by atoms with van der Waals surface area (Å²) < 4.78 is 10.5. The zero-order valence-corrected chi connectivity index (χ0v) is 15.7. The molecule has 1 aromatic carbocycles. The molecule has 0 radical (unpaired) electrons. The highest BCUT2D eigenvalue weighted by molar-refractivity contribution is 5.95. The Morgan fingerprint density at radius 1 is 1.23 bits per heavy atom. The maximum atomic E-state index is 12.3. The Bertz CT molecular complexity index is 767. The number of hydrogen-bond acceptors (Lipinski definition) is 4. The lowest BCUT2D eigenvalue weighted by Crippen LogP contribution is -2.31. The number of aryl methyl sites for hydroxylation is 3. The van der Waals surface area contributed by atoms with Crippen molar-refractivity contribution in [1.82, 2.24) is 5.32 Å². The first-order chi connectivity index (χ1) is 12.5. The van der Waals surface area contributed by atoms with Crippen molar-refractivity contribution in [2.24, 2.45) is 0 Å². The fourth-order valence-corrected chi connectivity index (χ4v) is 2.78. The summed E-state index contributed by atoms with van der Waals surface area (Å²) in [7, 11) is 1.63. The molecule has 2 aromatic rings. The lowest BCUT2D eigenvalue weighted by Gasteiger charge is -2.11. The number of methoxy groups -OCH3 is 1. The molecule has 1 amide bonds. The van der Waals surface area contributed by atoms with Gasteiger partial charge in [0.2, 0.25) is 0 Å². The zero-order valence-electron chi connectivity index (χ0n) is 15.7. The van der Waals surface area contributed by atoms with Crippen molar-refractivity contribution >= 4 is 5.91 Å². The first-order valence-corrected chi connectivity index (χ1v) is 8.99.